The first-order valence-electron chi connectivity index (χ1n) is 5.45. The van der Waals surface area contributed by atoms with E-state index in [1.165, 1.54) is 0 Å². The van der Waals surface area contributed by atoms with Crippen LogP contribution >= 0.6 is 34.8 Å². The van der Waals surface area contributed by atoms with Gasteiger partial charge in [-0.25, -0.2) is 8.78 Å². The molecule has 0 aliphatic rings. The average molecular weight is 322 g/mol. The molecule has 2 aromatic carbocycles. The molecule has 0 aliphatic carbocycles. The summed E-state index contributed by atoms with van der Waals surface area (Å²) in [6.07, 6.45) is 0. The zero-order chi connectivity index (χ0) is 14.2. The van der Waals surface area contributed by atoms with E-state index in [-0.39, 0.29) is 5.02 Å². The predicted octanol–water partition coefficient (Wildman–Crippen LogP) is 5.91. The normalized spacial score (nSPS) is 12.5. The Morgan fingerprint density at radius 3 is 2.26 bits per heavy atom. The summed E-state index contributed by atoms with van der Waals surface area (Å²) >= 11 is 18.2. The SMILES string of the molecule is Cc1c(Cl)cccc1C(Cl)c1cc(F)c(F)cc1Cl. The second kappa shape index (κ2) is 5.66. The third kappa shape index (κ3) is 2.86. The number of benzene rings is 2. The number of alkyl halides is 1. The standard InChI is InChI=1S/C14H9Cl3F2/c1-7-8(3-2-4-10(7)15)14(17)9-5-12(18)13(19)6-11(9)16/h2-6,14H,1H3. The minimum atomic E-state index is -1.000. The lowest BCUT2D eigenvalue weighted by molar-refractivity contribution is 0.507. The van der Waals surface area contributed by atoms with Crippen LogP contribution in [-0.4, -0.2) is 0 Å². The van der Waals surface area contributed by atoms with Crippen molar-refractivity contribution in [2.45, 2.75) is 12.3 Å². The molecule has 0 fully saturated rings. The Labute approximate surface area is 124 Å². The van der Waals surface area contributed by atoms with Crippen LogP contribution in [0.1, 0.15) is 22.1 Å². The molecular weight excluding hydrogens is 313 g/mol. The molecule has 1 unspecified atom stereocenters. The Hall–Kier alpha value is -0.830. The van der Waals surface area contributed by atoms with Crippen LogP contribution in [0.3, 0.4) is 0 Å². The summed E-state index contributed by atoms with van der Waals surface area (Å²) in [5, 5.41) is -0.0542. The molecule has 0 bridgehead atoms. The Morgan fingerprint density at radius 2 is 1.58 bits per heavy atom. The highest BCUT2D eigenvalue weighted by Crippen LogP contribution is 2.37. The summed E-state index contributed by atoms with van der Waals surface area (Å²) in [4.78, 5) is 0. The highest BCUT2D eigenvalue weighted by molar-refractivity contribution is 6.33. The second-order valence-corrected chi connectivity index (χ2v) is 5.36. The van der Waals surface area contributed by atoms with E-state index in [2.05, 4.69) is 0 Å². The van der Waals surface area contributed by atoms with E-state index >= 15 is 0 Å². The van der Waals surface area contributed by atoms with Crippen molar-refractivity contribution >= 4 is 34.8 Å². The highest BCUT2D eigenvalue weighted by Gasteiger charge is 2.19. The first-order valence-corrected chi connectivity index (χ1v) is 6.64. The van der Waals surface area contributed by atoms with Crippen LogP contribution in [-0.2, 0) is 0 Å². The Morgan fingerprint density at radius 1 is 0.947 bits per heavy atom. The van der Waals surface area contributed by atoms with Crippen molar-refractivity contribution in [3.8, 4) is 0 Å². The van der Waals surface area contributed by atoms with E-state index in [0.717, 1.165) is 17.7 Å². The summed E-state index contributed by atoms with van der Waals surface area (Å²) in [7, 11) is 0. The topological polar surface area (TPSA) is 0 Å². The molecular formula is C14H9Cl3F2. The molecule has 0 aliphatic heterocycles. The van der Waals surface area contributed by atoms with Gasteiger partial charge in [-0.1, -0.05) is 35.3 Å². The fourth-order valence-corrected chi connectivity index (χ4v) is 2.71. The van der Waals surface area contributed by atoms with E-state index in [9.17, 15) is 8.78 Å². The quantitative estimate of drug-likeness (QED) is 0.476. The predicted molar refractivity (Wildman–Crippen MR) is 75.3 cm³/mol. The van der Waals surface area contributed by atoms with Crippen LogP contribution in [0.4, 0.5) is 8.78 Å². The van der Waals surface area contributed by atoms with Gasteiger partial charge in [0.25, 0.3) is 0 Å². The molecule has 0 saturated carbocycles. The van der Waals surface area contributed by atoms with Crippen molar-refractivity contribution in [1.82, 2.24) is 0 Å². The van der Waals surface area contributed by atoms with Gasteiger partial charge in [-0.3, -0.25) is 0 Å². The first kappa shape index (κ1) is 14.6. The molecule has 0 saturated heterocycles. The fourth-order valence-electron chi connectivity index (χ4n) is 1.80. The fraction of sp³-hybridized carbons (Fsp3) is 0.143. The lowest BCUT2D eigenvalue weighted by atomic mass is 10.00. The van der Waals surface area contributed by atoms with Crippen molar-refractivity contribution in [1.29, 1.82) is 0 Å². The monoisotopic (exact) mass is 320 g/mol. The molecule has 2 aromatic rings. The van der Waals surface area contributed by atoms with E-state index in [0.29, 0.717) is 16.1 Å². The van der Waals surface area contributed by atoms with Gasteiger partial charge in [0.15, 0.2) is 11.6 Å². The Kier molecular flexibility index (Phi) is 4.34. The molecule has 5 heteroatoms. The van der Waals surface area contributed by atoms with Crippen LogP contribution < -0.4 is 0 Å². The van der Waals surface area contributed by atoms with Gasteiger partial charge >= 0.3 is 0 Å². The maximum absolute atomic E-state index is 13.3. The molecule has 2 rings (SSSR count). The van der Waals surface area contributed by atoms with Crippen LogP contribution in [0.15, 0.2) is 30.3 Å². The summed E-state index contributed by atoms with van der Waals surface area (Å²) in [5.41, 5.74) is 1.81. The van der Waals surface area contributed by atoms with E-state index in [1.54, 1.807) is 25.1 Å². The molecule has 0 heterocycles. The number of hydrogen-bond acceptors (Lipinski definition) is 0. The Balaban J connectivity index is 2.53. The van der Waals surface area contributed by atoms with Gasteiger partial charge in [0.2, 0.25) is 0 Å². The lowest BCUT2D eigenvalue weighted by Gasteiger charge is -2.15. The van der Waals surface area contributed by atoms with Gasteiger partial charge in [0.05, 0.1) is 5.38 Å². The molecule has 1 atom stereocenters. The van der Waals surface area contributed by atoms with Crippen LogP contribution in [0.2, 0.25) is 10.0 Å². The van der Waals surface area contributed by atoms with Crippen LogP contribution in [0.25, 0.3) is 0 Å². The van der Waals surface area contributed by atoms with Crippen molar-refractivity contribution in [2.75, 3.05) is 0 Å². The van der Waals surface area contributed by atoms with Crippen molar-refractivity contribution in [3.05, 3.63) is 68.7 Å². The van der Waals surface area contributed by atoms with E-state index in [1.807, 2.05) is 0 Å². The molecule has 0 N–H and O–H groups in total. The highest BCUT2D eigenvalue weighted by atomic mass is 35.5. The van der Waals surface area contributed by atoms with Crippen LogP contribution in [0.5, 0.6) is 0 Å². The second-order valence-electron chi connectivity index (χ2n) is 4.10. The van der Waals surface area contributed by atoms with Crippen LogP contribution in [0, 0.1) is 18.6 Å². The molecule has 0 amide bonds. The third-order valence-corrected chi connectivity index (χ3v) is 4.10. The van der Waals surface area contributed by atoms with Gasteiger partial charge in [-0.15, -0.1) is 11.6 Å². The molecule has 0 nitrogen and oxygen atoms in total. The van der Waals surface area contributed by atoms with E-state index in [4.69, 9.17) is 34.8 Å². The number of hydrogen-bond donors (Lipinski definition) is 0. The molecule has 0 aromatic heterocycles. The van der Waals surface area contributed by atoms with Gasteiger partial charge in [-0.05, 0) is 41.8 Å². The maximum atomic E-state index is 13.3. The lowest BCUT2D eigenvalue weighted by Crippen LogP contribution is -2.00. The maximum Gasteiger partial charge on any atom is 0.160 e. The zero-order valence-electron chi connectivity index (χ0n) is 9.85. The first-order chi connectivity index (χ1) is 8.91. The molecule has 0 radical (unpaired) electrons. The van der Waals surface area contributed by atoms with Gasteiger partial charge in [-0.2, -0.15) is 0 Å². The van der Waals surface area contributed by atoms with Crippen molar-refractivity contribution < 1.29 is 8.78 Å². The minimum Gasteiger partial charge on any atom is -0.204 e. The number of halogens is 5. The van der Waals surface area contributed by atoms with E-state index < -0.39 is 17.0 Å². The smallest absolute Gasteiger partial charge is 0.160 e. The molecule has 0 spiro atoms. The van der Waals surface area contributed by atoms with Crippen molar-refractivity contribution in [3.63, 3.8) is 0 Å². The Bertz CT molecular complexity index is 626. The number of rotatable bonds is 2. The molecule has 100 valence electrons. The average Bonchev–Trinajstić information content (AvgIpc) is 2.36. The third-order valence-electron chi connectivity index (χ3n) is 2.90. The summed E-state index contributed by atoms with van der Waals surface area (Å²) < 4.78 is 26.3. The summed E-state index contributed by atoms with van der Waals surface area (Å²) in [5.74, 6) is -1.98. The molecule has 19 heavy (non-hydrogen) atoms. The van der Waals surface area contributed by atoms with Gasteiger partial charge in [0, 0.05) is 10.0 Å². The summed E-state index contributed by atoms with van der Waals surface area (Å²) in [6, 6.07) is 7.18. The van der Waals surface area contributed by atoms with Gasteiger partial charge in [0.1, 0.15) is 0 Å². The van der Waals surface area contributed by atoms with Gasteiger partial charge < -0.3 is 0 Å². The zero-order valence-corrected chi connectivity index (χ0v) is 12.1. The minimum absolute atomic E-state index is 0.0817. The van der Waals surface area contributed by atoms with Crippen molar-refractivity contribution in [2.24, 2.45) is 0 Å². The summed E-state index contributed by atoms with van der Waals surface area (Å²) in [6.45, 7) is 1.81. The largest absolute Gasteiger partial charge is 0.204 e.